The van der Waals surface area contributed by atoms with Gasteiger partial charge in [0.15, 0.2) is 0 Å². The summed E-state index contributed by atoms with van der Waals surface area (Å²) in [4.78, 5) is 13.8. The molecule has 22 heavy (non-hydrogen) atoms. The van der Waals surface area contributed by atoms with Crippen molar-refractivity contribution in [1.82, 2.24) is 10.2 Å². The number of carbonyl (C=O) groups is 1. The van der Waals surface area contributed by atoms with Gasteiger partial charge < -0.3 is 15.0 Å². The van der Waals surface area contributed by atoms with Crippen molar-refractivity contribution in [3.05, 3.63) is 35.4 Å². The lowest BCUT2D eigenvalue weighted by atomic mass is 9.71. The number of ether oxygens (including phenoxy) is 1. The van der Waals surface area contributed by atoms with Crippen LogP contribution in [-0.2, 0) is 10.3 Å². The number of halogens is 2. The SMILES string of the molecule is COCCCN(C)C(=O)NC1(c2ccc(F)cc2F)CCC1. The number of nitrogens with one attached hydrogen (secondary N) is 1. The molecule has 0 radical (unpaired) electrons. The van der Waals surface area contributed by atoms with E-state index in [4.69, 9.17) is 4.74 Å². The fourth-order valence-corrected chi connectivity index (χ4v) is 2.72. The highest BCUT2D eigenvalue weighted by atomic mass is 19.1. The molecule has 2 rings (SSSR count). The Morgan fingerprint density at radius 2 is 2.14 bits per heavy atom. The molecular weight excluding hydrogens is 290 g/mol. The van der Waals surface area contributed by atoms with Crippen LogP contribution in [0.25, 0.3) is 0 Å². The first-order chi connectivity index (χ1) is 10.5. The Labute approximate surface area is 129 Å². The lowest BCUT2D eigenvalue weighted by molar-refractivity contribution is 0.146. The number of methoxy groups -OCH3 is 1. The molecule has 0 unspecified atom stereocenters. The number of benzene rings is 1. The maximum Gasteiger partial charge on any atom is 0.317 e. The monoisotopic (exact) mass is 312 g/mol. The first-order valence-corrected chi connectivity index (χ1v) is 7.46. The van der Waals surface area contributed by atoms with Crippen LogP contribution in [0.15, 0.2) is 18.2 Å². The summed E-state index contributed by atoms with van der Waals surface area (Å²) in [5, 5.41) is 2.92. The normalized spacial score (nSPS) is 16.0. The Bertz CT molecular complexity index is 533. The first kappa shape index (κ1) is 16.7. The van der Waals surface area contributed by atoms with Gasteiger partial charge in [-0.1, -0.05) is 6.07 Å². The van der Waals surface area contributed by atoms with Crippen molar-refractivity contribution in [3.63, 3.8) is 0 Å². The van der Waals surface area contributed by atoms with Gasteiger partial charge in [-0.25, -0.2) is 13.6 Å². The summed E-state index contributed by atoms with van der Waals surface area (Å²) in [7, 11) is 3.30. The molecule has 6 heteroatoms. The van der Waals surface area contributed by atoms with Crippen LogP contribution in [0, 0.1) is 11.6 Å². The van der Waals surface area contributed by atoms with E-state index < -0.39 is 17.2 Å². The van der Waals surface area contributed by atoms with Crippen molar-refractivity contribution in [2.45, 2.75) is 31.2 Å². The molecular formula is C16H22F2N2O2. The van der Waals surface area contributed by atoms with Crippen molar-refractivity contribution in [3.8, 4) is 0 Å². The highest BCUT2D eigenvalue weighted by Gasteiger charge is 2.42. The van der Waals surface area contributed by atoms with Crippen LogP contribution in [-0.4, -0.2) is 38.2 Å². The molecule has 1 aromatic rings. The molecule has 1 aliphatic carbocycles. The summed E-state index contributed by atoms with van der Waals surface area (Å²) in [6.07, 6.45) is 2.96. The molecule has 1 N–H and O–H groups in total. The van der Waals surface area contributed by atoms with E-state index in [1.165, 1.54) is 12.1 Å². The number of hydrogen-bond acceptors (Lipinski definition) is 2. The summed E-state index contributed by atoms with van der Waals surface area (Å²) < 4.78 is 32.1. The Balaban J connectivity index is 2.06. The zero-order chi connectivity index (χ0) is 16.2. The number of rotatable bonds is 6. The standard InChI is InChI=1S/C16H22F2N2O2/c1-20(9-4-10-22-2)15(21)19-16(7-3-8-16)13-6-5-12(17)11-14(13)18/h5-6,11H,3-4,7-10H2,1-2H3,(H,19,21). The first-order valence-electron chi connectivity index (χ1n) is 7.46. The van der Waals surface area contributed by atoms with Gasteiger partial charge in [-0.2, -0.15) is 0 Å². The number of urea groups is 1. The third kappa shape index (κ3) is 3.55. The number of nitrogens with zero attached hydrogens (tertiary/aromatic N) is 1. The highest BCUT2D eigenvalue weighted by molar-refractivity contribution is 5.75. The van der Waals surface area contributed by atoms with Gasteiger partial charge in [0.05, 0.1) is 5.54 Å². The van der Waals surface area contributed by atoms with E-state index in [0.717, 1.165) is 18.9 Å². The van der Waals surface area contributed by atoms with Crippen LogP contribution in [0.3, 0.4) is 0 Å². The van der Waals surface area contributed by atoms with E-state index in [0.29, 0.717) is 31.6 Å². The number of hydrogen-bond donors (Lipinski definition) is 1. The van der Waals surface area contributed by atoms with Crippen LogP contribution in [0.2, 0.25) is 0 Å². The Morgan fingerprint density at radius 1 is 1.41 bits per heavy atom. The van der Waals surface area contributed by atoms with Gasteiger partial charge in [-0.05, 0) is 31.7 Å². The van der Waals surface area contributed by atoms with Crippen LogP contribution in [0.4, 0.5) is 13.6 Å². The van der Waals surface area contributed by atoms with E-state index in [-0.39, 0.29) is 6.03 Å². The van der Waals surface area contributed by atoms with Crippen molar-refractivity contribution in [2.75, 3.05) is 27.3 Å². The summed E-state index contributed by atoms with van der Waals surface area (Å²) in [5.41, 5.74) is -0.358. The number of carbonyl (C=O) groups excluding carboxylic acids is 1. The smallest absolute Gasteiger partial charge is 0.317 e. The fraction of sp³-hybridized carbons (Fsp3) is 0.562. The average molecular weight is 312 g/mol. The minimum atomic E-state index is -0.718. The van der Waals surface area contributed by atoms with Crippen molar-refractivity contribution in [1.29, 1.82) is 0 Å². The minimum Gasteiger partial charge on any atom is -0.385 e. The van der Waals surface area contributed by atoms with E-state index in [9.17, 15) is 13.6 Å². The molecule has 0 bridgehead atoms. The predicted molar refractivity (Wildman–Crippen MR) is 79.5 cm³/mol. The average Bonchev–Trinajstić information content (AvgIpc) is 2.43. The highest BCUT2D eigenvalue weighted by Crippen LogP contribution is 2.42. The Morgan fingerprint density at radius 3 is 2.68 bits per heavy atom. The maximum absolute atomic E-state index is 14.0. The van der Waals surface area contributed by atoms with Gasteiger partial charge in [-0.15, -0.1) is 0 Å². The topological polar surface area (TPSA) is 41.6 Å². The zero-order valence-corrected chi connectivity index (χ0v) is 13.0. The molecule has 0 aliphatic heterocycles. The molecule has 1 saturated carbocycles. The van der Waals surface area contributed by atoms with Crippen molar-refractivity contribution < 1.29 is 18.3 Å². The lowest BCUT2D eigenvalue weighted by Crippen LogP contribution is -2.54. The van der Waals surface area contributed by atoms with E-state index in [1.54, 1.807) is 19.1 Å². The van der Waals surface area contributed by atoms with Crippen molar-refractivity contribution in [2.24, 2.45) is 0 Å². The second-order valence-electron chi connectivity index (χ2n) is 5.76. The van der Waals surface area contributed by atoms with Crippen LogP contribution in [0.5, 0.6) is 0 Å². The van der Waals surface area contributed by atoms with Gasteiger partial charge in [0.2, 0.25) is 0 Å². The van der Waals surface area contributed by atoms with Crippen LogP contribution >= 0.6 is 0 Å². The zero-order valence-electron chi connectivity index (χ0n) is 13.0. The minimum absolute atomic E-state index is 0.250. The fourth-order valence-electron chi connectivity index (χ4n) is 2.72. The van der Waals surface area contributed by atoms with Crippen molar-refractivity contribution >= 4 is 6.03 Å². The van der Waals surface area contributed by atoms with Gasteiger partial charge in [0.25, 0.3) is 0 Å². The molecule has 1 aromatic carbocycles. The Hall–Kier alpha value is -1.69. The summed E-state index contributed by atoms with van der Waals surface area (Å²) >= 11 is 0. The van der Waals surface area contributed by atoms with Gasteiger partial charge in [0.1, 0.15) is 11.6 Å². The third-order valence-electron chi connectivity index (χ3n) is 4.19. The molecule has 0 aromatic heterocycles. The molecule has 0 spiro atoms. The largest absolute Gasteiger partial charge is 0.385 e. The van der Waals surface area contributed by atoms with E-state index in [2.05, 4.69) is 5.32 Å². The van der Waals surface area contributed by atoms with Crippen LogP contribution in [0.1, 0.15) is 31.2 Å². The molecule has 1 aliphatic rings. The van der Waals surface area contributed by atoms with E-state index in [1.807, 2.05) is 0 Å². The molecule has 4 nitrogen and oxygen atoms in total. The second-order valence-corrected chi connectivity index (χ2v) is 5.76. The van der Waals surface area contributed by atoms with Gasteiger partial charge in [-0.3, -0.25) is 0 Å². The van der Waals surface area contributed by atoms with E-state index >= 15 is 0 Å². The molecule has 0 atom stereocenters. The second kappa shape index (κ2) is 7.05. The number of amides is 2. The summed E-state index contributed by atoms with van der Waals surface area (Å²) in [6, 6.07) is 3.27. The molecule has 1 fully saturated rings. The lowest BCUT2D eigenvalue weighted by Gasteiger charge is -2.44. The van der Waals surface area contributed by atoms with Gasteiger partial charge >= 0.3 is 6.03 Å². The molecule has 2 amide bonds. The summed E-state index contributed by atoms with van der Waals surface area (Å²) in [6.45, 7) is 1.14. The maximum atomic E-state index is 14.0. The Kier molecular flexibility index (Phi) is 5.34. The van der Waals surface area contributed by atoms with Crippen LogP contribution < -0.4 is 5.32 Å². The quantitative estimate of drug-likeness (QED) is 0.820. The third-order valence-corrected chi connectivity index (χ3v) is 4.19. The predicted octanol–water partition coefficient (Wildman–Crippen LogP) is 3.02. The molecule has 0 saturated heterocycles. The molecule has 122 valence electrons. The molecule has 0 heterocycles. The summed E-state index contributed by atoms with van der Waals surface area (Å²) in [5.74, 6) is -1.22. The van der Waals surface area contributed by atoms with Gasteiger partial charge in [0, 0.05) is 38.9 Å².